The van der Waals surface area contributed by atoms with Crippen LogP contribution in [-0.4, -0.2) is 45.2 Å². The molecule has 0 unspecified atom stereocenters. The molecule has 0 amide bonds. The lowest BCUT2D eigenvalue weighted by Crippen LogP contribution is -2.38. The normalized spacial score (nSPS) is 17.9. The number of sulfonamides is 1. The third kappa shape index (κ3) is 4.38. The second kappa shape index (κ2) is 6.45. The molecule has 112 valence electrons. The van der Waals surface area contributed by atoms with Gasteiger partial charge in [-0.15, -0.1) is 0 Å². The number of para-hydroxylation sites is 2. The molecule has 0 atom stereocenters. The quantitative estimate of drug-likeness (QED) is 0.872. The zero-order chi connectivity index (χ0) is 14.6. The molecular formula is C14H23N3O2S. The van der Waals surface area contributed by atoms with Crippen LogP contribution in [0.15, 0.2) is 24.3 Å². The largest absolute Gasteiger partial charge is 0.381 e. The van der Waals surface area contributed by atoms with Crippen LogP contribution in [0, 0.1) is 0 Å². The van der Waals surface area contributed by atoms with E-state index in [9.17, 15) is 8.42 Å². The number of nitrogens with one attached hydrogen (secondary N) is 2. The lowest BCUT2D eigenvalue weighted by molar-refractivity contribution is 0.229. The lowest BCUT2D eigenvalue weighted by atomic mass is 10.0. The first-order valence-corrected chi connectivity index (χ1v) is 8.93. The van der Waals surface area contributed by atoms with E-state index < -0.39 is 10.0 Å². The Bertz CT molecular complexity index is 537. The van der Waals surface area contributed by atoms with Gasteiger partial charge in [-0.2, -0.15) is 0 Å². The molecule has 1 saturated heterocycles. The molecular weight excluding hydrogens is 274 g/mol. The van der Waals surface area contributed by atoms with E-state index in [0.29, 0.717) is 11.7 Å². The predicted molar refractivity (Wildman–Crippen MR) is 83.7 cm³/mol. The van der Waals surface area contributed by atoms with Gasteiger partial charge < -0.3 is 10.2 Å². The molecule has 1 aliphatic heterocycles. The third-order valence-corrected chi connectivity index (χ3v) is 4.21. The Kier molecular flexibility index (Phi) is 4.88. The second-order valence-corrected chi connectivity index (χ2v) is 7.02. The van der Waals surface area contributed by atoms with E-state index in [1.807, 2.05) is 18.2 Å². The van der Waals surface area contributed by atoms with Crippen molar-refractivity contribution in [2.45, 2.75) is 25.8 Å². The zero-order valence-corrected chi connectivity index (χ0v) is 12.9. The van der Waals surface area contributed by atoms with Crippen LogP contribution in [0.4, 0.5) is 11.4 Å². The zero-order valence-electron chi connectivity index (χ0n) is 12.1. The third-order valence-electron chi connectivity index (χ3n) is 3.62. The summed E-state index contributed by atoms with van der Waals surface area (Å²) in [6.07, 6.45) is 3.34. The van der Waals surface area contributed by atoms with E-state index in [4.69, 9.17) is 0 Å². The Balaban J connectivity index is 2.03. The van der Waals surface area contributed by atoms with Crippen molar-refractivity contribution >= 4 is 21.4 Å². The van der Waals surface area contributed by atoms with Crippen molar-refractivity contribution in [1.82, 2.24) is 4.90 Å². The van der Waals surface area contributed by atoms with Gasteiger partial charge in [0.05, 0.1) is 17.6 Å². The smallest absolute Gasteiger partial charge is 0.229 e. The first-order valence-electron chi connectivity index (χ1n) is 7.03. The van der Waals surface area contributed by atoms with Crippen LogP contribution in [0.3, 0.4) is 0 Å². The van der Waals surface area contributed by atoms with Gasteiger partial charge in [0.25, 0.3) is 0 Å². The van der Waals surface area contributed by atoms with Crippen molar-refractivity contribution in [3.05, 3.63) is 24.3 Å². The van der Waals surface area contributed by atoms with Crippen LogP contribution in [0.5, 0.6) is 0 Å². The molecule has 0 spiro atoms. The van der Waals surface area contributed by atoms with E-state index in [1.165, 1.54) is 6.26 Å². The predicted octanol–water partition coefficient (Wildman–Crippen LogP) is 1.95. The number of rotatable bonds is 5. The standard InChI is InChI=1S/C14H23N3O2S/c1-3-17-10-8-12(9-11-17)15-13-6-4-5-7-14(13)16-20(2,18)19/h4-7,12,15-16H,3,8-11H2,1-2H3. The number of likely N-dealkylation sites (tertiary alicyclic amines) is 1. The van der Waals surface area contributed by atoms with Crippen LogP contribution < -0.4 is 10.0 Å². The van der Waals surface area contributed by atoms with Crippen molar-refractivity contribution in [1.29, 1.82) is 0 Å². The van der Waals surface area contributed by atoms with Gasteiger partial charge in [0.2, 0.25) is 10.0 Å². The van der Waals surface area contributed by atoms with Crippen molar-refractivity contribution in [3.63, 3.8) is 0 Å². The first-order chi connectivity index (χ1) is 9.48. The summed E-state index contributed by atoms with van der Waals surface area (Å²) in [7, 11) is -3.25. The van der Waals surface area contributed by atoms with Crippen LogP contribution in [0.1, 0.15) is 19.8 Å². The average molecular weight is 297 g/mol. The van der Waals surface area contributed by atoms with Gasteiger partial charge in [-0.05, 0) is 31.5 Å². The molecule has 1 aromatic carbocycles. The van der Waals surface area contributed by atoms with Crippen LogP contribution in [-0.2, 0) is 10.0 Å². The van der Waals surface area contributed by atoms with Gasteiger partial charge in [-0.25, -0.2) is 8.42 Å². The van der Waals surface area contributed by atoms with Crippen LogP contribution in [0.25, 0.3) is 0 Å². The summed E-state index contributed by atoms with van der Waals surface area (Å²) in [6, 6.07) is 7.85. The Labute approximate surface area is 121 Å². The molecule has 1 aliphatic rings. The highest BCUT2D eigenvalue weighted by atomic mass is 32.2. The van der Waals surface area contributed by atoms with E-state index in [1.54, 1.807) is 6.07 Å². The van der Waals surface area contributed by atoms with Gasteiger partial charge >= 0.3 is 0 Å². The average Bonchev–Trinajstić information content (AvgIpc) is 2.40. The molecule has 1 fully saturated rings. The Morgan fingerprint density at radius 3 is 2.35 bits per heavy atom. The minimum atomic E-state index is -3.25. The fourth-order valence-corrected chi connectivity index (χ4v) is 3.09. The number of benzene rings is 1. The summed E-state index contributed by atoms with van der Waals surface area (Å²) in [5, 5.41) is 3.46. The van der Waals surface area contributed by atoms with E-state index in [-0.39, 0.29) is 0 Å². The topological polar surface area (TPSA) is 61.4 Å². The monoisotopic (exact) mass is 297 g/mol. The van der Waals surface area contributed by atoms with Crippen LogP contribution in [0.2, 0.25) is 0 Å². The lowest BCUT2D eigenvalue weighted by Gasteiger charge is -2.32. The summed E-state index contributed by atoms with van der Waals surface area (Å²) < 4.78 is 25.3. The van der Waals surface area contributed by atoms with E-state index >= 15 is 0 Å². The maximum Gasteiger partial charge on any atom is 0.229 e. The SMILES string of the molecule is CCN1CCC(Nc2ccccc2NS(C)(=O)=O)CC1. The highest BCUT2D eigenvalue weighted by Gasteiger charge is 2.18. The van der Waals surface area contributed by atoms with Crippen molar-refractivity contribution in [2.24, 2.45) is 0 Å². The highest BCUT2D eigenvalue weighted by molar-refractivity contribution is 7.92. The molecule has 0 bridgehead atoms. The molecule has 5 nitrogen and oxygen atoms in total. The number of nitrogens with zero attached hydrogens (tertiary/aromatic N) is 1. The molecule has 0 aromatic heterocycles. The second-order valence-electron chi connectivity index (χ2n) is 5.27. The van der Waals surface area contributed by atoms with E-state index in [2.05, 4.69) is 21.9 Å². The first kappa shape index (κ1) is 15.1. The summed E-state index contributed by atoms with van der Waals surface area (Å²) in [5.41, 5.74) is 1.47. The molecule has 1 aromatic rings. The van der Waals surface area contributed by atoms with Crippen molar-refractivity contribution < 1.29 is 8.42 Å². The molecule has 1 heterocycles. The van der Waals surface area contributed by atoms with Crippen molar-refractivity contribution in [2.75, 3.05) is 35.9 Å². The van der Waals surface area contributed by atoms with Crippen LogP contribution >= 0.6 is 0 Å². The summed E-state index contributed by atoms with van der Waals surface area (Å²) >= 11 is 0. The van der Waals surface area contributed by atoms with Gasteiger partial charge in [-0.3, -0.25) is 4.72 Å². The fourth-order valence-electron chi connectivity index (χ4n) is 2.51. The Hall–Kier alpha value is -1.27. The van der Waals surface area contributed by atoms with Gasteiger partial charge in [0, 0.05) is 19.1 Å². The molecule has 6 heteroatoms. The number of piperidine rings is 1. The molecule has 20 heavy (non-hydrogen) atoms. The Morgan fingerprint density at radius 1 is 1.20 bits per heavy atom. The number of anilines is 2. The fraction of sp³-hybridized carbons (Fsp3) is 0.571. The maximum atomic E-state index is 11.4. The minimum absolute atomic E-state index is 0.403. The minimum Gasteiger partial charge on any atom is -0.381 e. The van der Waals surface area contributed by atoms with Crippen molar-refractivity contribution in [3.8, 4) is 0 Å². The van der Waals surface area contributed by atoms with Gasteiger partial charge in [0.15, 0.2) is 0 Å². The Morgan fingerprint density at radius 2 is 1.80 bits per heavy atom. The molecule has 2 rings (SSSR count). The molecule has 0 aliphatic carbocycles. The summed E-state index contributed by atoms with van der Waals surface area (Å²) in [5.74, 6) is 0. The van der Waals surface area contributed by atoms with Gasteiger partial charge in [0.1, 0.15) is 0 Å². The molecule has 0 saturated carbocycles. The summed E-state index contributed by atoms with van der Waals surface area (Å²) in [4.78, 5) is 2.43. The molecule has 2 N–H and O–H groups in total. The number of hydrogen-bond donors (Lipinski definition) is 2. The highest BCUT2D eigenvalue weighted by Crippen LogP contribution is 2.25. The molecule has 0 radical (unpaired) electrons. The summed E-state index contributed by atoms with van der Waals surface area (Å²) in [6.45, 7) is 5.46. The number of hydrogen-bond acceptors (Lipinski definition) is 4. The maximum absolute atomic E-state index is 11.4. The van der Waals surface area contributed by atoms with Gasteiger partial charge in [-0.1, -0.05) is 19.1 Å². The van der Waals surface area contributed by atoms with E-state index in [0.717, 1.165) is 38.2 Å².